The van der Waals surface area contributed by atoms with Crippen LogP contribution in [0.15, 0.2) is 41.1 Å². The molecule has 6 nitrogen and oxygen atoms in total. The maximum absolute atomic E-state index is 12.1. The molecule has 1 unspecified atom stereocenters. The van der Waals surface area contributed by atoms with E-state index in [1.807, 2.05) is 24.3 Å². The Balaban J connectivity index is 1.47. The van der Waals surface area contributed by atoms with E-state index >= 15 is 0 Å². The van der Waals surface area contributed by atoms with E-state index in [4.69, 9.17) is 14.2 Å². The van der Waals surface area contributed by atoms with E-state index in [0.29, 0.717) is 30.2 Å². The molecule has 1 aromatic carbocycles. The Labute approximate surface area is 143 Å². The highest BCUT2D eigenvalue weighted by molar-refractivity contribution is 7.08. The van der Waals surface area contributed by atoms with Crippen molar-refractivity contribution in [2.45, 2.75) is 6.10 Å². The second kappa shape index (κ2) is 7.35. The minimum atomic E-state index is -0.496. The average molecular weight is 347 g/mol. The van der Waals surface area contributed by atoms with E-state index < -0.39 is 5.97 Å². The summed E-state index contributed by atoms with van der Waals surface area (Å²) >= 11 is 1.40. The van der Waals surface area contributed by atoms with E-state index in [9.17, 15) is 9.59 Å². The molecule has 24 heavy (non-hydrogen) atoms. The molecule has 0 N–H and O–H groups in total. The summed E-state index contributed by atoms with van der Waals surface area (Å²) in [6.07, 6.45) is -0.263. The van der Waals surface area contributed by atoms with Crippen LogP contribution in [-0.2, 0) is 9.53 Å². The molecule has 0 aliphatic carbocycles. The van der Waals surface area contributed by atoms with Gasteiger partial charge in [-0.15, -0.1) is 0 Å². The van der Waals surface area contributed by atoms with Gasteiger partial charge < -0.3 is 19.1 Å². The molecule has 2 heterocycles. The number of para-hydroxylation sites is 2. The first-order valence-electron chi connectivity index (χ1n) is 7.45. The lowest BCUT2D eigenvalue weighted by molar-refractivity contribution is -0.134. The first-order valence-corrected chi connectivity index (χ1v) is 8.39. The van der Waals surface area contributed by atoms with E-state index in [-0.39, 0.29) is 18.6 Å². The summed E-state index contributed by atoms with van der Waals surface area (Å²) in [4.78, 5) is 25.3. The zero-order chi connectivity index (χ0) is 16.9. The normalized spacial score (nSPS) is 15.6. The van der Waals surface area contributed by atoms with E-state index in [0.717, 1.165) is 0 Å². The Morgan fingerprint density at radius 1 is 1.29 bits per heavy atom. The van der Waals surface area contributed by atoms with Crippen LogP contribution in [0.1, 0.15) is 10.4 Å². The Kier molecular flexibility index (Phi) is 5.00. The van der Waals surface area contributed by atoms with Crippen molar-refractivity contribution in [2.75, 3.05) is 26.8 Å². The van der Waals surface area contributed by atoms with Crippen molar-refractivity contribution in [3.8, 4) is 11.5 Å². The Morgan fingerprint density at radius 2 is 2.08 bits per heavy atom. The van der Waals surface area contributed by atoms with Crippen LogP contribution in [0.5, 0.6) is 11.5 Å². The molecule has 126 valence electrons. The van der Waals surface area contributed by atoms with Gasteiger partial charge >= 0.3 is 5.97 Å². The third kappa shape index (κ3) is 3.86. The van der Waals surface area contributed by atoms with Crippen LogP contribution in [-0.4, -0.2) is 49.7 Å². The minimum Gasteiger partial charge on any atom is -0.486 e. The lowest BCUT2D eigenvalue weighted by Gasteiger charge is -2.29. The van der Waals surface area contributed by atoms with Gasteiger partial charge in [0, 0.05) is 12.4 Å². The first-order chi connectivity index (χ1) is 11.6. The molecule has 1 amide bonds. The standard InChI is InChI=1S/C17H17NO5S/c1-18(16(19)10-22-17(20)12-6-7-24-11-12)8-13-9-21-14-4-2-3-5-15(14)23-13/h2-7,11,13H,8-10H2,1H3. The lowest BCUT2D eigenvalue weighted by atomic mass is 10.2. The summed E-state index contributed by atoms with van der Waals surface area (Å²) in [5, 5.41) is 3.46. The topological polar surface area (TPSA) is 65.1 Å². The molecule has 1 aromatic heterocycles. The van der Waals surface area contributed by atoms with Gasteiger partial charge in [0.25, 0.3) is 5.91 Å². The Morgan fingerprint density at radius 3 is 2.83 bits per heavy atom. The van der Waals surface area contributed by atoms with Gasteiger partial charge in [-0.05, 0) is 23.6 Å². The first kappa shape index (κ1) is 16.3. The summed E-state index contributed by atoms with van der Waals surface area (Å²) in [6.45, 7) is 0.418. The number of rotatable bonds is 5. The van der Waals surface area contributed by atoms with Gasteiger partial charge in [-0.3, -0.25) is 4.79 Å². The summed E-state index contributed by atoms with van der Waals surface area (Å²) in [7, 11) is 1.64. The quantitative estimate of drug-likeness (QED) is 0.776. The maximum Gasteiger partial charge on any atom is 0.339 e. The number of likely N-dealkylation sites (N-methyl/N-ethyl adjacent to an activating group) is 1. The highest BCUT2D eigenvalue weighted by Gasteiger charge is 2.24. The summed E-state index contributed by atoms with van der Waals surface area (Å²) in [5.74, 6) is 0.580. The van der Waals surface area contributed by atoms with Crippen molar-refractivity contribution < 1.29 is 23.8 Å². The Hall–Kier alpha value is -2.54. The molecule has 0 radical (unpaired) electrons. The van der Waals surface area contributed by atoms with Gasteiger partial charge in [0.1, 0.15) is 6.61 Å². The van der Waals surface area contributed by atoms with E-state index in [1.165, 1.54) is 16.2 Å². The fourth-order valence-electron chi connectivity index (χ4n) is 2.26. The van der Waals surface area contributed by atoms with Gasteiger partial charge in [-0.1, -0.05) is 12.1 Å². The lowest BCUT2D eigenvalue weighted by Crippen LogP contribution is -2.43. The molecule has 3 rings (SSSR count). The molecular weight excluding hydrogens is 330 g/mol. The number of benzene rings is 1. The third-order valence-electron chi connectivity index (χ3n) is 3.55. The van der Waals surface area contributed by atoms with Crippen molar-refractivity contribution in [2.24, 2.45) is 0 Å². The largest absolute Gasteiger partial charge is 0.486 e. The monoisotopic (exact) mass is 347 g/mol. The molecular formula is C17H17NO5S. The predicted molar refractivity (Wildman–Crippen MR) is 88.6 cm³/mol. The van der Waals surface area contributed by atoms with Gasteiger partial charge in [-0.2, -0.15) is 11.3 Å². The van der Waals surface area contributed by atoms with Gasteiger partial charge in [0.05, 0.1) is 12.1 Å². The van der Waals surface area contributed by atoms with Gasteiger partial charge in [0.15, 0.2) is 24.2 Å². The van der Waals surface area contributed by atoms with Crippen LogP contribution in [0.2, 0.25) is 0 Å². The molecule has 2 aromatic rings. The van der Waals surface area contributed by atoms with Crippen molar-refractivity contribution in [1.29, 1.82) is 0 Å². The zero-order valence-electron chi connectivity index (χ0n) is 13.1. The van der Waals surface area contributed by atoms with Crippen LogP contribution < -0.4 is 9.47 Å². The van der Waals surface area contributed by atoms with Crippen LogP contribution in [0, 0.1) is 0 Å². The summed E-state index contributed by atoms with van der Waals surface area (Å²) in [5.41, 5.74) is 0.455. The number of thiophene rings is 1. The number of hydrogen-bond acceptors (Lipinski definition) is 6. The van der Waals surface area contributed by atoms with Crippen LogP contribution in [0.4, 0.5) is 0 Å². The molecule has 0 saturated carbocycles. The van der Waals surface area contributed by atoms with Crippen molar-refractivity contribution in [1.82, 2.24) is 4.90 Å². The summed E-state index contributed by atoms with van der Waals surface area (Å²) < 4.78 is 16.4. The van der Waals surface area contributed by atoms with Crippen LogP contribution in [0.25, 0.3) is 0 Å². The number of hydrogen-bond donors (Lipinski definition) is 0. The number of nitrogens with zero attached hydrogens (tertiary/aromatic N) is 1. The molecule has 0 bridgehead atoms. The number of ether oxygens (including phenoxy) is 3. The molecule has 1 aliphatic rings. The molecule has 7 heteroatoms. The van der Waals surface area contributed by atoms with E-state index in [2.05, 4.69) is 0 Å². The molecule has 1 atom stereocenters. The zero-order valence-corrected chi connectivity index (χ0v) is 14.0. The molecule has 0 fully saturated rings. The number of carbonyl (C=O) groups is 2. The van der Waals surface area contributed by atoms with E-state index in [1.54, 1.807) is 23.9 Å². The number of amides is 1. The van der Waals surface area contributed by atoms with Crippen molar-refractivity contribution >= 4 is 23.2 Å². The second-order valence-corrected chi connectivity index (χ2v) is 6.14. The average Bonchev–Trinajstić information content (AvgIpc) is 3.14. The predicted octanol–water partition coefficient (Wildman–Crippen LogP) is 2.20. The molecule has 0 spiro atoms. The summed E-state index contributed by atoms with van der Waals surface area (Å²) in [6, 6.07) is 9.06. The number of fused-ring (bicyclic) bond motifs is 1. The van der Waals surface area contributed by atoms with Crippen molar-refractivity contribution in [3.05, 3.63) is 46.7 Å². The minimum absolute atomic E-state index is 0.263. The maximum atomic E-state index is 12.1. The fraction of sp³-hybridized carbons (Fsp3) is 0.294. The molecule has 0 saturated heterocycles. The SMILES string of the molecule is CN(CC1COc2ccccc2O1)C(=O)COC(=O)c1ccsc1. The molecule has 1 aliphatic heterocycles. The highest BCUT2D eigenvalue weighted by atomic mass is 32.1. The van der Waals surface area contributed by atoms with Crippen molar-refractivity contribution in [3.63, 3.8) is 0 Å². The second-order valence-electron chi connectivity index (χ2n) is 5.36. The third-order valence-corrected chi connectivity index (χ3v) is 4.24. The number of carbonyl (C=O) groups excluding carboxylic acids is 2. The van der Waals surface area contributed by atoms with Gasteiger partial charge in [-0.25, -0.2) is 4.79 Å². The number of esters is 1. The fourth-order valence-corrected chi connectivity index (χ4v) is 2.89. The smallest absolute Gasteiger partial charge is 0.339 e. The van der Waals surface area contributed by atoms with Crippen LogP contribution >= 0.6 is 11.3 Å². The van der Waals surface area contributed by atoms with Gasteiger partial charge in [0.2, 0.25) is 0 Å². The van der Waals surface area contributed by atoms with Crippen LogP contribution in [0.3, 0.4) is 0 Å². The Bertz CT molecular complexity index is 716. The highest BCUT2D eigenvalue weighted by Crippen LogP contribution is 2.30.